The van der Waals surface area contributed by atoms with Crippen molar-refractivity contribution >= 4 is 35.4 Å². The maximum atomic E-state index is 13.3. The molecule has 1 atom stereocenters. The zero-order chi connectivity index (χ0) is 28.6. The number of rotatable bonds is 11. The summed E-state index contributed by atoms with van der Waals surface area (Å²) in [6, 6.07) is 5.12. The highest BCUT2D eigenvalue weighted by Gasteiger charge is 2.29. The second-order valence-corrected chi connectivity index (χ2v) is 10.2. The van der Waals surface area contributed by atoms with Gasteiger partial charge in [0.15, 0.2) is 12.1 Å². The Morgan fingerprint density at radius 2 is 2.12 bits per heavy atom. The minimum atomic E-state index is -0.429. The molecule has 0 saturated carbocycles. The van der Waals surface area contributed by atoms with Crippen LogP contribution in [0, 0.1) is 11.3 Å². The largest absolute Gasteiger partial charge is 0.383 e. The summed E-state index contributed by atoms with van der Waals surface area (Å²) in [7, 11) is 5.43. The van der Waals surface area contributed by atoms with Crippen molar-refractivity contribution in [3.05, 3.63) is 40.7 Å². The number of nitrogens with zero attached hydrogens (tertiary/aromatic N) is 6. The number of ether oxygens (including phenoxy) is 1. The number of pyridine rings is 2. The summed E-state index contributed by atoms with van der Waals surface area (Å²) in [6.07, 6.45) is 5.45. The fourth-order valence-corrected chi connectivity index (χ4v) is 5.24. The molecule has 1 saturated heterocycles. The number of aryl methyl sites for hydroxylation is 1. The fraction of sp³-hybridized carbons (Fsp3) is 0.500. The molecular weight excluding hydrogens is 512 g/mol. The number of nitrogens with one attached hydrogen (secondary N) is 2. The van der Waals surface area contributed by atoms with Crippen molar-refractivity contribution < 1.29 is 19.1 Å². The van der Waals surface area contributed by atoms with Crippen LogP contribution in [0.2, 0.25) is 0 Å². The Morgan fingerprint density at radius 3 is 2.83 bits per heavy atom. The van der Waals surface area contributed by atoms with Crippen LogP contribution in [0.3, 0.4) is 0 Å². The molecule has 0 aliphatic carbocycles. The maximum Gasteiger partial charge on any atom is 0.328 e. The second-order valence-electron chi connectivity index (χ2n) is 10.2. The molecule has 1 fully saturated rings. The molecule has 40 heavy (non-hydrogen) atoms. The Hall–Kier alpha value is -3.92. The minimum absolute atomic E-state index is 0.0514. The quantitative estimate of drug-likeness (QED) is 0.317. The molecule has 12 nitrogen and oxygen atoms in total. The average molecular weight is 549 g/mol. The molecule has 2 aliphatic rings. The Morgan fingerprint density at radius 1 is 1.30 bits per heavy atom. The lowest BCUT2D eigenvalue weighted by Crippen LogP contribution is -2.40. The molecule has 0 aromatic carbocycles. The number of aldehydes is 1. The van der Waals surface area contributed by atoms with E-state index in [-0.39, 0.29) is 23.3 Å². The summed E-state index contributed by atoms with van der Waals surface area (Å²) < 4.78 is 5.05. The first-order valence-electron chi connectivity index (χ1n) is 13.5. The van der Waals surface area contributed by atoms with E-state index in [4.69, 9.17) is 4.74 Å². The van der Waals surface area contributed by atoms with Crippen LogP contribution < -0.4 is 15.5 Å². The number of Topliss-reactive ketones (excluding diaryl/α,β-unsaturated/α-hetero) is 1. The average Bonchev–Trinajstić information content (AvgIpc) is 3.38. The van der Waals surface area contributed by atoms with Crippen LogP contribution in [0.25, 0.3) is 0 Å². The highest BCUT2D eigenvalue weighted by atomic mass is 16.5. The van der Waals surface area contributed by atoms with Crippen LogP contribution in [0.15, 0.2) is 18.3 Å². The van der Waals surface area contributed by atoms with Crippen molar-refractivity contribution in [3.8, 4) is 6.07 Å². The van der Waals surface area contributed by atoms with E-state index in [2.05, 4.69) is 31.6 Å². The number of ketones is 1. The molecule has 212 valence electrons. The number of anilines is 3. The summed E-state index contributed by atoms with van der Waals surface area (Å²) >= 11 is 0. The van der Waals surface area contributed by atoms with Gasteiger partial charge in [0.1, 0.15) is 23.4 Å². The lowest BCUT2D eigenvalue weighted by molar-refractivity contribution is -0.123. The van der Waals surface area contributed by atoms with E-state index in [1.165, 1.54) is 11.1 Å². The number of hydrogen-bond acceptors (Lipinski definition) is 10. The van der Waals surface area contributed by atoms with Gasteiger partial charge in [0.05, 0.1) is 30.4 Å². The van der Waals surface area contributed by atoms with Crippen molar-refractivity contribution in [2.75, 3.05) is 69.5 Å². The molecule has 0 unspecified atom stereocenters. The normalized spacial score (nSPS) is 16.9. The number of nitriles is 1. The third-order valence-corrected chi connectivity index (χ3v) is 7.27. The van der Waals surface area contributed by atoms with Crippen molar-refractivity contribution in [1.29, 1.82) is 5.26 Å². The van der Waals surface area contributed by atoms with Gasteiger partial charge in [-0.25, -0.2) is 14.8 Å². The van der Waals surface area contributed by atoms with Crippen LogP contribution in [0.5, 0.6) is 0 Å². The molecule has 4 heterocycles. The molecule has 0 spiro atoms. The third kappa shape index (κ3) is 6.80. The van der Waals surface area contributed by atoms with Crippen LogP contribution in [0.1, 0.15) is 46.4 Å². The Labute approximate surface area is 234 Å². The number of urea groups is 1. The lowest BCUT2D eigenvalue weighted by atomic mass is 10.0. The molecule has 0 radical (unpaired) electrons. The van der Waals surface area contributed by atoms with Crippen molar-refractivity contribution in [1.82, 2.24) is 19.8 Å². The molecule has 0 bridgehead atoms. The third-order valence-electron chi connectivity index (χ3n) is 7.27. The first-order valence-corrected chi connectivity index (χ1v) is 13.5. The van der Waals surface area contributed by atoms with Crippen LogP contribution in [-0.2, 0) is 22.5 Å². The first-order chi connectivity index (χ1) is 19.3. The number of fused-ring (bicyclic) bond motifs is 1. The van der Waals surface area contributed by atoms with E-state index in [0.717, 1.165) is 43.4 Å². The Balaban J connectivity index is 1.48. The van der Waals surface area contributed by atoms with Gasteiger partial charge in [0.25, 0.3) is 0 Å². The lowest BCUT2D eigenvalue weighted by Gasteiger charge is -2.29. The van der Waals surface area contributed by atoms with Gasteiger partial charge in [-0.15, -0.1) is 0 Å². The van der Waals surface area contributed by atoms with Crippen molar-refractivity contribution in [2.24, 2.45) is 0 Å². The molecule has 2 aliphatic heterocycles. The van der Waals surface area contributed by atoms with Crippen LogP contribution >= 0.6 is 0 Å². The topological polar surface area (TPSA) is 144 Å². The summed E-state index contributed by atoms with van der Waals surface area (Å²) in [4.78, 5) is 52.4. The monoisotopic (exact) mass is 548 g/mol. The fourth-order valence-electron chi connectivity index (χ4n) is 5.24. The van der Waals surface area contributed by atoms with Gasteiger partial charge in [-0.05, 0) is 63.5 Å². The number of amides is 2. The highest BCUT2D eigenvalue weighted by molar-refractivity contribution is 6.01. The van der Waals surface area contributed by atoms with Gasteiger partial charge in [0, 0.05) is 39.0 Å². The van der Waals surface area contributed by atoms with Gasteiger partial charge in [-0.2, -0.15) is 5.26 Å². The number of carbonyl (C=O) groups excluding carboxylic acids is 3. The van der Waals surface area contributed by atoms with Gasteiger partial charge >= 0.3 is 6.03 Å². The maximum absolute atomic E-state index is 13.3. The van der Waals surface area contributed by atoms with E-state index in [1.54, 1.807) is 13.2 Å². The minimum Gasteiger partial charge on any atom is -0.383 e. The van der Waals surface area contributed by atoms with Gasteiger partial charge < -0.3 is 10.1 Å². The molecular formula is C28H36N8O4. The SMILES string of the molecule is COCCNc1cc(NC(=O)N2CCCc3cc(CN(C)CC(=O)[C@@H]4CCCN4C)c(C=O)nc32)ncc1C#N. The number of hydrogen-bond donors (Lipinski definition) is 2. The van der Waals surface area contributed by atoms with Gasteiger partial charge in [0.2, 0.25) is 0 Å². The molecule has 2 N–H and O–H groups in total. The van der Waals surface area contributed by atoms with Crippen molar-refractivity contribution in [2.45, 2.75) is 38.3 Å². The second kappa shape index (κ2) is 13.4. The molecule has 2 amide bonds. The molecule has 4 rings (SSSR count). The van der Waals surface area contributed by atoms with E-state index in [9.17, 15) is 19.6 Å². The summed E-state index contributed by atoms with van der Waals surface area (Å²) in [5.41, 5.74) is 2.73. The van der Waals surface area contributed by atoms with E-state index < -0.39 is 6.03 Å². The number of aromatic nitrogens is 2. The van der Waals surface area contributed by atoms with E-state index >= 15 is 0 Å². The van der Waals surface area contributed by atoms with E-state index in [1.807, 2.05) is 25.1 Å². The predicted molar refractivity (Wildman–Crippen MR) is 151 cm³/mol. The van der Waals surface area contributed by atoms with Crippen molar-refractivity contribution in [3.63, 3.8) is 0 Å². The number of methoxy groups -OCH3 is 1. The number of likely N-dealkylation sites (N-methyl/N-ethyl adjacent to an activating group) is 2. The summed E-state index contributed by atoms with van der Waals surface area (Å²) in [5.74, 6) is 0.896. The molecule has 2 aromatic rings. The number of carbonyl (C=O) groups is 3. The molecule has 2 aromatic heterocycles. The Bertz CT molecular complexity index is 1290. The summed E-state index contributed by atoms with van der Waals surface area (Å²) in [6.45, 7) is 3.00. The van der Waals surface area contributed by atoms with E-state index in [0.29, 0.717) is 56.1 Å². The molecule has 12 heteroatoms. The summed E-state index contributed by atoms with van der Waals surface area (Å²) in [5, 5.41) is 15.3. The van der Waals surface area contributed by atoms with Gasteiger partial charge in [-0.3, -0.25) is 29.6 Å². The zero-order valence-corrected chi connectivity index (χ0v) is 23.3. The highest BCUT2D eigenvalue weighted by Crippen LogP contribution is 2.29. The smallest absolute Gasteiger partial charge is 0.328 e. The standard InChI is InChI=1S/C28H36N8O4/c1-34(17-25(38)24-7-5-9-35(24)2)16-20-12-19-6-4-10-36(27(19)32-23(20)18-37)28(39)33-26-13-22(30-8-11-40-3)21(14-29)15-31-26/h12-13,15,18,24H,4-11,16-17H2,1-3H3,(H2,30,31,33,39)/t24-/m0/s1. The van der Waals surface area contributed by atoms with Crippen LogP contribution in [0.4, 0.5) is 22.1 Å². The Kier molecular flexibility index (Phi) is 9.76. The van der Waals surface area contributed by atoms with Crippen LogP contribution in [-0.4, -0.2) is 97.9 Å². The first kappa shape index (κ1) is 29.1. The zero-order valence-electron chi connectivity index (χ0n) is 23.3. The number of likely N-dealkylation sites (tertiary alicyclic amines) is 1. The predicted octanol–water partition coefficient (Wildman–Crippen LogP) is 2.30. The van der Waals surface area contributed by atoms with Gasteiger partial charge in [-0.1, -0.05) is 0 Å².